The van der Waals surface area contributed by atoms with Crippen LogP contribution in [0.2, 0.25) is 0 Å². The van der Waals surface area contributed by atoms with E-state index in [2.05, 4.69) is 18.5 Å². The summed E-state index contributed by atoms with van der Waals surface area (Å²) in [6.45, 7) is 3.10. The first-order chi connectivity index (χ1) is 9.69. The Morgan fingerprint density at radius 1 is 1.25 bits per heavy atom. The summed E-state index contributed by atoms with van der Waals surface area (Å²) in [5, 5.41) is 3.48. The van der Waals surface area contributed by atoms with Crippen molar-refractivity contribution < 1.29 is 9.13 Å². The molecule has 0 heterocycles. The van der Waals surface area contributed by atoms with E-state index in [-0.39, 0.29) is 11.9 Å². The zero-order valence-corrected chi connectivity index (χ0v) is 13.6. The molecule has 1 rings (SSSR count). The monoisotopic (exact) mass is 299 g/mol. The van der Waals surface area contributed by atoms with E-state index in [0.717, 1.165) is 12.1 Å². The van der Waals surface area contributed by atoms with Crippen LogP contribution in [0.3, 0.4) is 0 Å². The predicted octanol–water partition coefficient (Wildman–Crippen LogP) is 4.41. The average Bonchev–Trinajstić information content (AvgIpc) is 2.46. The number of nitrogens with one attached hydrogen (secondary N) is 1. The fourth-order valence-corrected chi connectivity index (χ4v) is 2.60. The highest BCUT2D eigenvalue weighted by Crippen LogP contribution is 2.22. The minimum atomic E-state index is -0.308. The molecule has 114 valence electrons. The molecule has 0 bridgehead atoms. The van der Waals surface area contributed by atoms with Gasteiger partial charge in [0, 0.05) is 6.04 Å². The molecule has 0 aliphatic carbocycles. The van der Waals surface area contributed by atoms with Gasteiger partial charge in [-0.15, -0.1) is 0 Å². The van der Waals surface area contributed by atoms with Crippen LogP contribution < -0.4 is 10.1 Å². The van der Waals surface area contributed by atoms with E-state index in [4.69, 9.17) is 4.74 Å². The van der Waals surface area contributed by atoms with Crippen LogP contribution in [0.15, 0.2) is 18.2 Å². The van der Waals surface area contributed by atoms with Gasteiger partial charge in [-0.3, -0.25) is 0 Å². The first-order valence-corrected chi connectivity index (χ1v) is 8.64. The number of hydrogen-bond donors (Lipinski definition) is 1. The molecule has 0 saturated heterocycles. The molecule has 0 radical (unpaired) electrons. The summed E-state index contributed by atoms with van der Waals surface area (Å²) >= 11 is 1.91. The number of unbranched alkanes of at least 4 members (excludes halogenated alkanes) is 3. The van der Waals surface area contributed by atoms with Gasteiger partial charge >= 0.3 is 0 Å². The molecule has 20 heavy (non-hydrogen) atoms. The Bertz CT molecular complexity index is 387. The molecule has 0 amide bonds. The molecule has 1 atom stereocenters. The van der Waals surface area contributed by atoms with E-state index in [1.54, 1.807) is 6.07 Å². The van der Waals surface area contributed by atoms with Crippen LogP contribution in [0.4, 0.5) is 4.39 Å². The van der Waals surface area contributed by atoms with Crippen molar-refractivity contribution in [3.05, 3.63) is 29.6 Å². The van der Waals surface area contributed by atoms with Crippen molar-refractivity contribution in [3.63, 3.8) is 0 Å². The van der Waals surface area contributed by atoms with E-state index >= 15 is 0 Å². The van der Waals surface area contributed by atoms with Crippen LogP contribution in [0.5, 0.6) is 5.75 Å². The van der Waals surface area contributed by atoms with Crippen molar-refractivity contribution >= 4 is 11.8 Å². The van der Waals surface area contributed by atoms with E-state index in [1.165, 1.54) is 44.6 Å². The van der Waals surface area contributed by atoms with E-state index in [0.29, 0.717) is 5.75 Å². The highest BCUT2D eigenvalue weighted by Gasteiger charge is 2.08. The van der Waals surface area contributed by atoms with Crippen molar-refractivity contribution in [1.29, 1.82) is 0 Å². The second-order valence-corrected chi connectivity index (χ2v) is 5.96. The SMILES string of the molecule is COc1cc(C(C)NCCCCCCSC)ccc1F. The summed E-state index contributed by atoms with van der Waals surface area (Å²) in [5.74, 6) is 1.27. The quantitative estimate of drug-likeness (QED) is 0.647. The normalized spacial score (nSPS) is 12.4. The first kappa shape index (κ1) is 17.3. The smallest absolute Gasteiger partial charge is 0.165 e. The molecule has 1 aromatic rings. The molecule has 2 nitrogen and oxygen atoms in total. The van der Waals surface area contributed by atoms with Gasteiger partial charge in [-0.2, -0.15) is 11.8 Å². The number of halogens is 1. The number of thioether (sulfide) groups is 1. The van der Waals surface area contributed by atoms with Crippen LogP contribution >= 0.6 is 11.8 Å². The van der Waals surface area contributed by atoms with Gasteiger partial charge in [-0.05, 0) is 56.0 Å². The van der Waals surface area contributed by atoms with E-state index in [9.17, 15) is 4.39 Å². The zero-order valence-electron chi connectivity index (χ0n) is 12.7. The van der Waals surface area contributed by atoms with Gasteiger partial charge < -0.3 is 10.1 Å². The third-order valence-electron chi connectivity index (χ3n) is 3.40. The van der Waals surface area contributed by atoms with E-state index < -0.39 is 0 Å². The summed E-state index contributed by atoms with van der Waals surface area (Å²) in [7, 11) is 1.49. The second kappa shape index (κ2) is 10.1. The molecule has 0 aromatic heterocycles. The molecule has 1 aromatic carbocycles. The minimum absolute atomic E-state index is 0.218. The lowest BCUT2D eigenvalue weighted by molar-refractivity contribution is 0.385. The summed E-state index contributed by atoms with van der Waals surface area (Å²) in [6.07, 6.45) is 7.23. The summed E-state index contributed by atoms with van der Waals surface area (Å²) in [4.78, 5) is 0. The Morgan fingerprint density at radius 3 is 2.70 bits per heavy atom. The van der Waals surface area contributed by atoms with Gasteiger partial charge in [0.1, 0.15) is 0 Å². The van der Waals surface area contributed by atoms with Gasteiger partial charge in [0.2, 0.25) is 0 Å². The Labute approximate surface area is 126 Å². The van der Waals surface area contributed by atoms with Crippen LogP contribution in [-0.2, 0) is 0 Å². The molecular weight excluding hydrogens is 273 g/mol. The summed E-state index contributed by atoms with van der Waals surface area (Å²) in [5.41, 5.74) is 1.06. The van der Waals surface area contributed by atoms with Crippen LogP contribution in [0.1, 0.15) is 44.2 Å². The molecule has 1 unspecified atom stereocenters. The summed E-state index contributed by atoms with van der Waals surface area (Å²) < 4.78 is 18.4. The van der Waals surface area contributed by atoms with Gasteiger partial charge in [0.15, 0.2) is 11.6 Å². The molecule has 1 N–H and O–H groups in total. The molecule has 0 saturated carbocycles. The van der Waals surface area contributed by atoms with Crippen LogP contribution in [0.25, 0.3) is 0 Å². The number of benzene rings is 1. The molecule has 0 aliphatic rings. The predicted molar refractivity (Wildman–Crippen MR) is 86.2 cm³/mol. The first-order valence-electron chi connectivity index (χ1n) is 7.24. The van der Waals surface area contributed by atoms with Gasteiger partial charge in [0.05, 0.1) is 7.11 Å². The second-order valence-electron chi connectivity index (χ2n) is 4.98. The molecule has 0 spiro atoms. The lowest BCUT2D eigenvalue weighted by Gasteiger charge is -2.15. The van der Waals surface area contributed by atoms with Crippen LogP contribution in [0, 0.1) is 5.82 Å². The third kappa shape index (κ3) is 6.14. The maximum Gasteiger partial charge on any atom is 0.165 e. The van der Waals surface area contributed by atoms with Gasteiger partial charge in [0.25, 0.3) is 0 Å². The number of ether oxygens (including phenoxy) is 1. The minimum Gasteiger partial charge on any atom is -0.494 e. The Hall–Kier alpha value is -0.740. The number of hydrogen-bond acceptors (Lipinski definition) is 3. The van der Waals surface area contributed by atoms with Crippen molar-refractivity contribution in [2.24, 2.45) is 0 Å². The lowest BCUT2D eigenvalue weighted by atomic mass is 10.1. The fourth-order valence-electron chi connectivity index (χ4n) is 2.11. The summed E-state index contributed by atoms with van der Waals surface area (Å²) in [6, 6.07) is 5.27. The molecular formula is C16H26FNOS. The molecule has 0 aliphatic heterocycles. The van der Waals surface area contributed by atoms with Crippen molar-refractivity contribution in [2.45, 2.75) is 38.6 Å². The van der Waals surface area contributed by atoms with Crippen molar-refractivity contribution in [1.82, 2.24) is 5.32 Å². The van der Waals surface area contributed by atoms with Gasteiger partial charge in [-0.1, -0.05) is 18.9 Å². The topological polar surface area (TPSA) is 21.3 Å². The number of methoxy groups -OCH3 is 1. The molecule has 4 heteroatoms. The van der Waals surface area contributed by atoms with E-state index in [1.807, 2.05) is 17.8 Å². The zero-order chi connectivity index (χ0) is 14.8. The maximum absolute atomic E-state index is 13.3. The Kier molecular flexibility index (Phi) is 8.70. The maximum atomic E-state index is 13.3. The molecule has 0 fully saturated rings. The third-order valence-corrected chi connectivity index (χ3v) is 4.10. The van der Waals surface area contributed by atoms with Gasteiger partial charge in [-0.25, -0.2) is 4.39 Å². The lowest BCUT2D eigenvalue weighted by Crippen LogP contribution is -2.19. The fraction of sp³-hybridized carbons (Fsp3) is 0.625. The van der Waals surface area contributed by atoms with Crippen LogP contribution in [-0.4, -0.2) is 25.7 Å². The van der Waals surface area contributed by atoms with Crippen molar-refractivity contribution in [3.8, 4) is 5.75 Å². The Morgan fingerprint density at radius 2 is 2.00 bits per heavy atom. The standard InChI is InChI=1S/C16H26FNOS/c1-13(18-10-6-4-5-7-11-20-3)14-8-9-15(17)16(12-14)19-2/h8-9,12-13,18H,4-7,10-11H2,1-3H3. The van der Waals surface area contributed by atoms with Crippen molar-refractivity contribution in [2.75, 3.05) is 25.7 Å². The average molecular weight is 299 g/mol. The Balaban J connectivity index is 2.27. The highest BCUT2D eigenvalue weighted by molar-refractivity contribution is 7.98. The number of rotatable bonds is 10. The highest BCUT2D eigenvalue weighted by atomic mass is 32.2. The largest absolute Gasteiger partial charge is 0.494 e.